The standard InChI is InChI=1S/C15H12F3N3/c16-15(17,18)21-12-9-5-4-8-11(12)20-14(19)13(21)10-6-2-1-3-7-10/h1-9,13H,(H2,19,20). The van der Waals surface area contributed by atoms with Crippen molar-refractivity contribution >= 4 is 17.2 Å². The highest BCUT2D eigenvalue weighted by Gasteiger charge is 2.46. The van der Waals surface area contributed by atoms with Crippen molar-refractivity contribution in [3.63, 3.8) is 0 Å². The number of rotatable bonds is 1. The maximum absolute atomic E-state index is 13.5. The van der Waals surface area contributed by atoms with Crippen LogP contribution in [0, 0.1) is 0 Å². The van der Waals surface area contributed by atoms with Crippen molar-refractivity contribution in [2.24, 2.45) is 10.7 Å². The van der Waals surface area contributed by atoms with E-state index in [0.29, 0.717) is 10.5 Å². The minimum absolute atomic E-state index is 0.00746. The molecule has 1 aliphatic rings. The lowest BCUT2D eigenvalue weighted by Crippen LogP contribution is -2.48. The van der Waals surface area contributed by atoms with Crippen LogP contribution in [-0.4, -0.2) is 12.1 Å². The van der Waals surface area contributed by atoms with Crippen molar-refractivity contribution in [1.29, 1.82) is 0 Å². The molecule has 0 amide bonds. The van der Waals surface area contributed by atoms with E-state index in [4.69, 9.17) is 5.73 Å². The van der Waals surface area contributed by atoms with E-state index in [1.807, 2.05) is 0 Å². The van der Waals surface area contributed by atoms with Crippen LogP contribution in [0.5, 0.6) is 0 Å². The van der Waals surface area contributed by atoms with Crippen molar-refractivity contribution in [2.45, 2.75) is 12.3 Å². The molecule has 0 bridgehead atoms. The van der Waals surface area contributed by atoms with E-state index in [0.717, 1.165) is 0 Å². The fourth-order valence-corrected chi connectivity index (χ4v) is 2.47. The van der Waals surface area contributed by atoms with Gasteiger partial charge in [-0.3, -0.25) is 4.90 Å². The molecular formula is C15H12F3N3. The summed E-state index contributed by atoms with van der Waals surface area (Å²) in [6.07, 6.45) is -4.56. The Balaban J connectivity index is 2.20. The molecule has 0 aliphatic carbocycles. The Labute approximate surface area is 119 Å². The fraction of sp³-hybridized carbons (Fsp3) is 0.133. The second kappa shape index (κ2) is 4.80. The van der Waals surface area contributed by atoms with E-state index in [9.17, 15) is 13.2 Å². The molecule has 108 valence electrons. The van der Waals surface area contributed by atoms with Crippen LogP contribution < -0.4 is 10.6 Å². The molecule has 21 heavy (non-hydrogen) atoms. The van der Waals surface area contributed by atoms with E-state index in [-0.39, 0.29) is 17.2 Å². The summed E-state index contributed by atoms with van der Waals surface area (Å²) in [4.78, 5) is 4.48. The third kappa shape index (κ3) is 2.33. The molecule has 0 fully saturated rings. The first-order chi connectivity index (χ1) is 9.98. The van der Waals surface area contributed by atoms with Crippen LogP contribution in [0.4, 0.5) is 24.5 Å². The highest BCUT2D eigenvalue weighted by Crippen LogP contribution is 2.44. The predicted molar refractivity (Wildman–Crippen MR) is 75.4 cm³/mol. The van der Waals surface area contributed by atoms with Gasteiger partial charge in [-0.05, 0) is 17.7 Å². The summed E-state index contributed by atoms with van der Waals surface area (Å²) >= 11 is 0. The number of alkyl halides is 3. The summed E-state index contributed by atoms with van der Waals surface area (Å²) in [5.74, 6) is -0.0720. The first-order valence-electron chi connectivity index (χ1n) is 6.32. The van der Waals surface area contributed by atoms with E-state index in [1.54, 1.807) is 42.5 Å². The van der Waals surface area contributed by atoms with Crippen molar-refractivity contribution in [2.75, 3.05) is 4.90 Å². The molecule has 0 radical (unpaired) electrons. The van der Waals surface area contributed by atoms with Crippen LogP contribution >= 0.6 is 0 Å². The van der Waals surface area contributed by atoms with Gasteiger partial charge in [-0.2, -0.15) is 13.2 Å². The van der Waals surface area contributed by atoms with E-state index in [1.165, 1.54) is 12.1 Å². The Hall–Kier alpha value is -2.50. The highest BCUT2D eigenvalue weighted by molar-refractivity contribution is 5.97. The zero-order valence-corrected chi connectivity index (χ0v) is 10.9. The first-order valence-corrected chi connectivity index (χ1v) is 6.32. The third-order valence-corrected chi connectivity index (χ3v) is 3.32. The number of hydrogen-bond acceptors (Lipinski definition) is 3. The summed E-state index contributed by atoms with van der Waals surface area (Å²) < 4.78 is 40.6. The zero-order chi connectivity index (χ0) is 15.0. The Morgan fingerprint density at radius 2 is 1.57 bits per heavy atom. The number of para-hydroxylation sites is 2. The Morgan fingerprint density at radius 1 is 0.952 bits per heavy atom. The number of anilines is 1. The van der Waals surface area contributed by atoms with E-state index >= 15 is 0 Å². The molecule has 2 aromatic rings. The van der Waals surface area contributed by atoms with Gasteiger partial charge in [0, 0.05) is 0 Å². The summed E-state index contributed by atoms with van der Waals surface area (Å²) in [6, 6.07) is 13.3. The highest BCUT2D eigenvalue weighted by atomic mass is 19.4. The van der Waals surface area contributed by atoms with Crippen molar-refractivity contribution in [3.05, 3.63) is 60.2 Å². The number of fused-ring (bicyclic) bond motifs is 1. The molecule has 0 spiro atoms. The number of halogens is 3. The van der Waals surface area contributed by atoms with Crippen molar-refractivity contribution in [3.8, 4) is 0 Å². The van der Waals surface area contributed by atoms with Crippen LogP contribution in [0.25, 0.3) is 0 Å². The molecule has 1 aliphatic heterocycles. The summed E-state index contributed by atoms with van der Waals surface area (Å²) in [5.41, 5.74) is 6.50. The van der Waals surface area contributed by atoms with Gasteiger partial charge in [0.05, 0.1) is 11.4 Å². The molecule has 2 N–H and O–H groups in total. The second-order valence-electron chi connectivity index (χ2n) is 4.68. The monoisotopic (exact) mass is 291 g/mol. The van der Waals surface area contributed by atoms with Gasteiger partial charge in [-0.1, -0.05) is 42.5 Å². The molecule has 1 heterocycles. The molecule has 6 heteroatoms. The SMILES string of the molecule is NC1=Nc2ccccc2N(C(F)(F)F)C1c1ccccc1. The molecule has 2 aromatic carbocycles. The first kappa shape index (κ1) is 13.5. The molecule has 1 unspecified atom stereocenters. The molecule has 1 atom stereocenters. The minimum atomic E-state index is -4.56. The second-order valence-corrected chi connectivity index (χ2v) is 4.68. The summed E-state index contributed by atoms with van der Waals surface area (Å²) in [6.45, 7) is 0. The number of nitrogens with two attached hydrogens (primary N) is 1. The van der Waals surface area contributed by atoms with Crippen molar-refractivity contribution < 1.29 is 13.2 Å². The lowest BCUT2D eigenvalue weighted by Gasteiger charge is -2.38. The van der Waals surface area contributed by atoms with Gasteiger partial charge < -0.3 is 5.73 Å². The van der Waals surface area contributed by atoms with Crippen LogP contribution in [-0.2, 0) is 0 Å². The van der Waals surface area contributed by atoms with Crippen LogP contribution in [0.2, 0.25) is 0 Å². The van der Waals surface area contributed by atoms with Crippen LogP contribution in [0.15, 0.2) is 59.6 Å². The number of nitrogens with zero attached hydrogens (tertiary/aromatic N) is 2. The number of aliphatic imine (C=N–C) groups is 1. The van der Waals surface area contributed by atoms with Crippen LogP contribution in [0.3, 0.4) is 0 Å². The molecule has 3 nitrogen and oxygen atoms in total. The predicted octanol–water partition coefficient (Wildman–Crippen LogP) is 3.76. The third-order valence-electron chi connectivity index (χ3n) is 3.32. The zero-order valence-electron chi connectivity index (χ0n) is 10.9. The van der Waals surface area contributed by atoms with Crippen LogP contribution in [0.1, 0.15) is 11.6 Å². The number of benzene rings is 2. The fourth-order valence-electron chi connectivity index (χ4n) is 2.47. The maximum Gasteiger partial charge on any atom is 0.485 e. The number of amidine groups is 1. The topological polar surface area (TPSA) is 41.6 Å². The van der Waals surface area contributed by atoms with Gasteiger partial charge in [0.2, 0.25) is 0 Å². The van der Waals surface area contributed by atoms with Gasteiger partial charge >= 0.3 is 6.30 Å². The quantitative estimate of drug-likeness (QED) is 0.813. The molecule has 3 rings (SSSR count). The van der Waals surface area contributed by atoms with Gasteiger partial charge in [0.1, 0.15) is 11.9 Å². The Morgan fingerprint density at radius 3 is 2.24 bits per heavy atom. The van der Waals surface area contributed by atoms with Crippen molar-refractivity contribution in [1.82, 2.24) is 0 Å². The van der Waals surface area contributed by atoms with Gasteiger partial charge in [-0.25, -0.2) is 4.99 Å². The smallest absolute Gasteiger partial charge is 0.385 e. The normalized spacial score (nSPS) is 18.1. The average Bonchev–Trinajstić information content (AvgIpc) is 2.45. The lowest BCUT2D eigenvalue weighted by atomic mass is 10.0. The molecule has 0 saturated heterocycles. The maximum atomic E-state index is 13.5. The Kier molecular flexibility index (Phi) is 3.08. The molecular weight excluding hydrogens is 279 g/mol. The average molecular weight is 291 g/mol. The molecule has 0 saturated carbocycles. The summed E-state index contributed by atoms with van der Waals surface area (Å²) in [7, 11) is 0. The van der Waals surface area contributed by atoms with Gasteiger partial charge in [0.15, 0.2) is 0 Å². The van der Waals surface area contributed by atoms with Gasteiger partial charge in [0.25, 0.3) is 0 Å². The minimum Gasteiger partial charge on any atom is -0.385 e. The molecule has 0 aromatic heterocycles. The Bertz CT molecular complexity index is 680. The number of hydrogen-bond donors (Lipinski definition) is 1. The summed E-state index contributed by atoms with van der Waals surface area (Å²) in [5, 5.41) is 0. The van der Waals surface area contributed by atoms with Gasteiger partial charge in [-0.15, -0.1) is 0 Å². The largest absolute Gasteiger partial charge is 0.485 e. The lowest BCUT2D eigenvalue weighted by molar-refractivity contribution is -0.132. The van der Waals surface area contributed by atoms with E-state index < -0.39 is 12.3 Å². The van der Waals surface area contributed by atoms with E-state index in [2.05, 4.69) is 4.99 Å².